The number of rotatable bonds is 3. The number of carbonyl (C=O) groups is 1. The fourth-order valence-electron chi connectivity index (χ4n) is 3.57. The molecule has 0 N–H and O–H groups in total. The van der Waals surface area contributed by atoms with Gasteiger partial charge in [0.25, 0.3) is 0 Å². The van der Waals surface area contributed by atoms with Crippen LogP contribution in [0.5, 0.6) is 0 Å². The first-order chi connectivity index (χ1) is 12.3. The molecular weight excluding hydrogens is 334 g/mol. The van der Waals surface area contributed by atoms with Crippen molar-refractivity contribution in [1.29, 1.82) is 0 Å². The Morgan fingerprint density at radius 1 is 1.08 bits per heavy atom. The minimum absolute atomic E-state index is 0.306. The monoisotopic (exact) mass is 353 g/mol. The molecule has 1 aliphatic carbocycles. The van der Waals surface area contributed by atoms with Crippen LogP contribution < -0.4 is 0 Å². The Morgan fingerprint density at radius 3 is 2.64 bits per heavy atom. The molecule has 3 aromatic heterocycles. The number of likely N-dealkylation sites (tertiary alicyclic amines) is 1. The van der Waals surface area contributed by atoms with E-state index in [1.54, 1.807) is 11.3 Å². The summed E-state index contributed by atoms with van der Waals surface area (Å²) in [5.74, 6) is 1.89. The molecule has 1 saturated carbocycles. The molecule has 7 heteroatoms. The van der Waals surface area contributed by atoms with Gasteiger partial charge in [-0.3, -0.25) is 4.79 Å². The van der Waals surface area contributed by atoms with Crippen molar-refractivity contribution in [2.24, 2.45) is 5.92 Å². The minimum atomic E-state index is 0.306. The molecule has 0 unspecified atom stereocenters. The maximum absolute atomic E-state index is 12.2. The summed E-state index contributed by atoms with van der Waals surface area (Å²) in [6.07, 6.45) is 4.01. The Balaban J connectivity index is 1.39. The number of hydrogen-bond acceptors (Lipinski definition) is 5. The van der Waals surface area contributed by atoms with E-state index in [1.165, 1.54) is 0 Å². The summed E-state index contributed by atoms with van der Waals surface area (Å²) < 4.78 is 1.88. The van der Waals surface area contributed by atoms with E-state index in [2.05, 4.69) is 27.0 Å². The molecule has 1 amide bonds. The van der Waals surface area contributed by atoms with Crippen LogP contribution in [-0.2, 0) is 4.79 Å². The van der Waals surface area contributed by atoms with Crippen molar-refractivity contribution < 1.29 is 4.79 Å². The number of piperidine rings is 1. The third kappa shape index (κ3) is 2.72. The van der Waals surface area contributed by atoms with Crippen molar-refractivity contribution >= 4 is 22.9 Å². The average Bonchev–Trinajstić information content (AvgIpc) is 3.19. The van der Waals surface area contributed by atoms with Crippen molar-refractivity contribution in [3.8, 4) is 11.3 Å². The lowest BCUT2D eigenvalue weighted by Gasteiger charge is -2.31. The summed E-state index contributed by atoms with van der Waals surface area (Å²) >= 11 is 1.67. The molecule has 128 valence electrons. The van der Waals surface area contributed by atoms with Crippen molar-refractivity contribution in [1.82, 2.24) is 24.7 Å². The van der Waals surface area contributed by atoms with E-state index >= 15 is 0 Å². The van der Waals surface area contributed by atoms with Crippen LogP contribution in [0.25, 0.3) is 16.9 Å². The highest BCUT2D eigenvalue weighted by Gasteiger charge is 2.35. The molecule has 3 aromatic rings. The van der Waals surface area contributed by atoms with Crippen molar-refractivity contribution in [3.63, 3.8) is 0 Å². The van der Waals surface area contributed by atoms with E-state index in [0.29, 0.717) is 17.7 Å². The third-order valence-corrected chi connectivity index (χ3v) is 5.89. The Hall–Kier alpha value is -2.28. The Morgan fingerprint density at radius 2 is 1.92 bits per heavy atom. The number of hydrogen-bond donors (Lipinski definition) is 0. The van der Waals surface area contributed by atoms with Crippen LogP contribution in [0.4, 0.5) is 0 Å². The van der Waals surface area contributed by atoms with E-state index < -0.39 is 0 Å². The van der Waals surface area contributed by atoms with Gasteiger partial charge in [-0.25, -0.2) is 0 Å². The molecule has 0 radical (unpaired) electrons. The topological polar surface area (TPSA) is 63.4 Å². The van der Waals surface area contributed by atoms with Gasteiger partial charge in [0.2, 0.25) is 5.91 Å². The molecule has 2 fully saturated rings. The van der Waals surface area contributed by atoms with E-state index in [1.807, 2.05) is 21.5 Å². The predicted molar refractivity (Wildman–Crippen MR) is 95.4 cm³/mol. The maximum Gasteiger partial charge on any atom is 0.225 e. The fraction of sp³-hybridized carbons (Fsp3) is 0.444. The zero-order chi connectivity index (χ0) is 16.8. The van der Waals surface area contributed by atoms with E-state index in [0.717, 1.165) is 61.5 Å². The summed E-state index contributed by atoms with van der Waals surface area (Å²) in [4.78, 5) is 14.3. The van der Waals surface area contributed by atoms with Gasteiger partial charge in [-0.1, -0.05) is 0 Å². The van der Waals surface area contributed by atoms with Gasteiger partial charge >= 0.3 is 0 Å². The zero-order valence-electron chi connectivity index (χ0n) is 13.8. The van der Waals surface area contributed by atoms with Crippen LogP contribution in [0.3, 0.4) is 0 Å². The number of amides is 1. The van der Waals surface area contributed by atoms with Crippen LogP contribution in [0.2, 0.25) is 0 Å². The quantitative estimate of drug-likeness (QED) is 0.726. The van der Waals surface area contributed by atoms with Gasteiger partial charge in [0, 0.05) is 35.9 Å². The SMILES string of the molecule is O=C(C1CC1)N1CCC(c2nnc3ccc(-c4ccsc4)nn23)CC1. The van der Waals surface area contributed by atoms with Gasteiger partial charge in [-0.2, -0.15) is 21.0 Å². The Labute approximate surface area is 149 Å². The standard InChI is InChI=1S/C18H19N5OS/c24-18(13-1-2-13)22-8-5-12(6-9-22)17-20-19-16-4-3-15(21-23(16)17)14-7-10-25-11-14/h3-4,7,10-13H,1-2,5-6,8-9H2. The van der Waals surface area contributed by atoms with Gasteiger partial charge in [0.05, 0.1) is 5.69 Å². The number of nitrogens with zero attached hydrogens (tertiary/aromatic N) is 5. The third-order valence-electron chi connectivity index (χ3n) is 5.20. The number of aromatic nitrogens is 4. The summed E-state index contributed by atoms with van der Waals surface area (Å²) in [7, 11) is 0. The van der Waals surface area contributed by atoms with Crippen molar-refractivity contribution in [3.05, 3.63) is 34.8 Å². The van der Waals surface area contributed by atoms with Gasteiger partial charge in [-0.15, -0.1) is 10.2 Å². The lowest BCUT2D eigenvalue weighted by Crippen LogP contribution is -2.39. The van der Waals surface area contributed by atoms with Gasteiger partial charge in [-0.05, 0) is 49.3 Å². The minimum Gasteiger partial charge on any atom is -0.342 e. The number of fused-ring (bicyclic) bond motifs is 1. The second-order valence-corrected chi connectivity index (χ2v) is 7.71. The lowest BCUT2D eigenvalue weighted by atomic mass is 9.96. The molecule has 0 atom stereocenters. The molecule has 6 nitrogen and oxygen atoms in total. The maximum atomic E-state index is 12.2. The normalized spacial score (nSPS) is 18.8. The molecule has 25 heavy (non-hydrogen) atoms. The summed E-state index contributed by atoms with van der Waals surface area (Å²) in [5.41, 5.74) is 2.85. The average molecular weight is 353 g/mol. The first-order valence-electron chi connectivity index (χ1n) is 8.83. The Bertz CT molecular complexity index is 907. The first kappa shape index (κ1) is 15.0. The van der Waals surface area contributed by atoms with E-state index in [-0.39, 0.29) is 0 Å². The summed E-state index contributed by atoms with van der Waals surface area (Å²) in [6, 6.07) is 6.04. The molecule has 0 bridgehead atoms. The molecular formula is C18H19N5OS. The van der Waals surface area contributed by atoms with Crippen LogP contribution in [0.1, 0.15) is 37.4 Å². The Kier molecular flexibility index (Phi) is 3.55. The second kappa shape index (κ2) is 5.91. The van der Waals surface area contributed by atoms with Gasteiger partial charge in [0.15, 0.2) is 11.5 Å². The molecule has 2 aliphatic rings. The van der Waals surface area contributed by atoms with Crippen LogP contribution >= 0.6 is 11.3 Å². The summed E-state index contributed by atoms with van der Waals surface area (Å²) in [6.45, 7) is 1.64. The molecule has 5 rings (SSSR count). The lowest BCUT2D eigenvalue weighted by molar-refractivity contribution is -0.133. The highest BCUT2D eigenvalue weighted by Crippen LogP contribution is 2.34. The zero-order valence-corrected chi connectivity index (χ0v) is 14.7. The summed E-state index contributed by atoms with van der Waals surface area (Å²) in [5, 5.41) is 17.6. The number of carbonyl (C=O) groups excluding carboxylic acids is 1. The number of thiophene rings is 1. The molecule has 1 aliphatic heterocycles. The molecule has 4 heterocycles. The van der Waals surface area contributed by atoms with Gasteiger partial charge < -0.3 is 4.90 Å². The van der Waals surface area contributed by atoms with Crippen LogP contribution in [0.15, 0.2) is 29.0 Å². The van der Waals surface area contributed by atoms with Crippen LogP contribution in [-0.4, -0.2) is 43.7 Å². The van der Waals surface area contributed by atoms with Gasteiger partial charge in [0.1, 0.15) is 0 Å². The second-order valence-electron chi connectivity index (χ2n) is 6.93. The van der Waals surface area contributed by atoms with E-state index in [9.17, 15) is 4.79 Å². The van der Waals surface area contributed by atoms with Crippen LogP contribution in [0, 0.1) is 5.92 Å². The first-order valence-corrected chi connectivity index (χ1v) is 9.77. The molecule has 0 spiro atoms. The van der Waals surface area contributed by atoms with Crippen molar-refractivity contribution in [2.45, 2.75) is 31.6 Å². The highest BCUT2D eigenvalue weighted by atomic mass is 32.1. The smallest absolute Gasteiger partial charge is 0.225 e. The fourth-order valence-corrected chi connectivity index (χ4v) is 4.22. The predicted octanol–water partition coefficient (Wildman–Crippen LogP) is 2.97. The largest absolute Gasteiger partial charge is 0.342 e. The molecule has 1 saturated heterocycles. The molecule has 0 aromatic carbocycles. The van der Waals surface area contributed by atoms with E-state index in [4.69, 9.17) is 5.10 Å². The highest BCUT2D eigenvalue weighted by molar-refractivity contribution is 7.08. The van der Waals surface area contributed by atoms with Crippen molar-refractivity contribution in [2.75, 3.05) is 13.1 Å².